The second-order valence-electron chi connectivity index (χ2n) is 8.25. The fraction of sp³-hybridized carbons (Fsp3) is 0.250. The number of halogens is 5. The quantitative estimate of drug-likeness (QED) is 0.348. The van der Waals surface area contributed by atoms with Gasteiger partial charge in [-0.3, -0.25) is 4.72 Å². The number of benzene rings is 3. The topological polar surface area (TPSA) is 67.9 Å². The maximum absolute atomic E-state index is 13.5. The van der Waals surface area contributed by atoms with Crippen molar-refractivity contribution in [3.63, 3.8) is 0 Å². The summed E-state index contributed by atoms with van der Waals surface area (Å²) in [7, 11) is -2.26. The summed E-state index contributed by atoms with van der Waals surface area (Å²) in [4.78, 5) is 1.84. The SMILES string of the molecule is CN1CC[C@@H](Oc2cc(NS(=O)(=O)c3ccc(Oc4ccc(Cl)c(Cl)c4)cc3)ccc2C(F)(F)F)C1. The highest BCUT2D eigenvalue weighted by Crippen LogP contribution is 2.39. The molecule has 0 spiro atoms. The molecular formula is C24H21Cl2F3N2O4S. The van der Waals surface area contributed by atoms with Crippen LogP contribution >= 0.6 is 23.2 Å². The zero-order valence-electron chi connectivity index (χ0n) is 18.9. The van der Waals surface area contributed by atoms with Gasteiger partial charge in [0.15, 0.2) is 0 Å². The lowest BCUT2D eigenvalue weighted by Crippen LogP contribution is -2.23. The van der Waals surface area contributed by atoms with Crippen LogP contribution in [0.3, 0.4) is 0 Å². The lowest BCUT2D eigenvalue weighted by molar-refractivity contribution is -0.139. The van der Waals surface area contributed by atoms with Gasteiger partial charge in [0, 0.05) is 25.2 Å². The van der Waals surface area contributed by atoms with Crippen molar-refractivity contribution in [1.82, 2.24) is 4.90 Å². The van der Waals surface area contributed by atoms with Crippen molar-refractivity contribution in [1.29, 1.82) is 0 Å². The third-order valence-corrected chi connectivity index (χ3v) is 7.58. The summed E-state index contributed by atoms with van der Waals surface area (Å²) in [5, 5.41) is 0.668. The molecule has 192 valence electrons. The van der Waals surface area contributed by atoms with Crippen molar-refractivity contribution in [2.75, 3.05) is 24.9 Å². The number of anilines is 1. The van der Waals surface area contributed by atoms with Gasteiger partial charge in [-0.1, -0.05) is 23.2 Å². The van der Waals surface area contributed by atoms with E-state index < -0.39 is 33.6 Å². The minimum Gasteiger partial charge on any atom is -0.488 e. The number of nitrogens with one attached hydrogen (secondary N) is 1. The van der Waals surface area contributed by atoms with E-state index in [1.165, 1.54) is 30.3 Å². The Morgan fingerprint density at radius 2 is 1.67 bits per heavy atom. The fourth-order valence-corrected chi connectivity index (χ4v) is 5.00. The van der Waals surface area contributed by atoms with Gasteiger partial charge in [0.05, 0.1) is 26.2 Å². The lowest BCUT2D eigenvalue weighted by Gasteiger charge is -2.19. The average molecular weight is 561 g/mol. The molecule has 0 radical (unpaired) electrons. The third-order valence-electron chi connectivity index (χ3n) is 5.44. The van der Waals surface area contributed by atoms with Crippen LogP contribution in [0.25, 0.3) is 0 Å². The lowest BCUT2D eigenvalue weighted by atomic mass is 10.1. The summed E-state index contributed by atoms with van der Waals surface area (Å²) in [6.07, 6.45) is -4.51. The van der Waals surface area contributed by atoms with Crippen LogP contribution in [0.2, 0.25) is 10.0 Å². The molecule has 0 bridgehead atoms. The molecular weight excluding hydrogens is 540 g/mol. The number of nitrogens with zero attached hydrogens (tertiary/aromatic N) is 1. The molecule has 0 amide bonds. The van der Waals surface area contributed by atoms with Gasteiger partial charge in [0.2, 0.25) is 0 Å². The molecule has 36 heavy (non-hydrogen) atoms. The average Bonchev–Trinajstić information content (AvgIpc) is 3.20. The molecule has 1 aliphatic heterocycles. The minimum absolute atomic E-state index is 0.0551. The van der Waals surface area contributed by atoms with Gasteiger partial charge < -0.3 is 14.4 Å². The molecule has 1 saturated heterocycles. The van der Waals surface area contributed by atoms with Crippen molar-refractivity contribution in [2.24, 2.45) is 0 Å². The summed E-state index contributed by atoms with van der Waals surface area (Å²) in [6.45, 7) is 1.17. The Balaban J connectivity index is 1.52. The van der Waals surface area contributed by atoms with Crippen molar-refractivity contribution in [3.05, 3.63) is 76.3 Å². The summed E-state index contributed by atoms with van der Waals surface area (Å²) < 4.78 is 79.9. The van der Waals surface area contributed by atoms with E-state index in [0.29, 0.717) is 41.1 Å². The number of likely N-dealkylation sites (N-methyl/N-ethyl adjacent to an activating group) is 1. The second kappa shape index (κ2) is 10.4. The molecule has 0 saturated carbocycles. The number of likely N-dealkylation sites (tertiary alicyclic amines) is 1. The van der Waals surface area contributed by atoms with E-state index in [0.717, 1.165) is 18.2 Å². The van der Waals surface area contributed by atoms with E-state index in [4.69, 9.17) is 32.7 Å². The Kier molecular flexibility index (Phi) is 7.61. The van der Waals surface area contributed by atoms with E-state index >= 15 is 0 Å². The third kappa shape index (κ3) is 6.36. The summed E-state index contributed by atoms with van der Waals surface area (Å²) >= 11 is 11.9. The summed E-state index contributed by atoms with van der Waals surface area (Å²) in [6, 6.07) is 13.1. The summed E-state index contributed by atoms with van der Waals surface area (Å²) in [5.41, 5.74) is -1.02. The highest BCUT2D eigenvalue weighted by molar-refractivity contribution is 7.92. The van der Waals surface area contributed by atoms with E-state index in [1.54, 1.807) is 12.1 Å². The van der Waals surface area contributed by atoms with Gasteiger partial charge in [-0.15, -0.1) is 0 Å². The first kappa shape index (κ1) is 26.4. The van der Waals surface area contributed by atoms with Crippen LogP contribution in [0.15, 0.2) is 65.6 Å². The van der Waals surface area contributed by atoms with Crippen LogP contribution in [-0.4, -0.2) is 39.6 Å². The van der Waals surface area contributed by atoms with E-state index in [-0.39, 0.29) is 10.6 Å². The largest absolute Gasteiger partial charge is 0.488 e. The maximum atomic E-state index is 13.5. The van der Waals surface area contributed by atoms with Crippen molar-refractivity contribution in [2.45, 2.75) is 23.6 Å². The van der Waals surface area contributed by atoms with Crippen LogP contribution < -0.4 is 14.2 Å². The standard InChI is InChI=1S/C24H21Cl2F3N2O4S/c1-31-11-10-18(14-31)35-23-12-15(2-8-20(23)24(27,28)29)30-36(32,33)19-6-3-16(4-7-19)34-17-5-9-21(25)22(26)13-17/h2-9,12-13,18,30H,10-11,14H2,1H3/t18-/m1/s1. The predicted octanol–water partition coefficient (Wildman–Crippen LogP) is 6.69. The smallest absolute Gasteiger partial charge is 0.419 e. The molecule has 1 atom stereocenters. The first-order chi connectivity index (χ1) is 16.9. The monoisotopic (exact) mass is 560 g/mol. The van der Waals surface area contributed by atoms with Crippen molar-refractivity contribution in [3.8, 4) is 17.2 Å². The molecule has 1 heterocycles. The molecule has 1 N–H and O–H groups in total. The van der Waals surface area contributed by atoms with Crippen LogP contribution in [0.4, 0.5) is 18.9 Å². The normalized spacial score (nSPS) is 16.7. The number of ether oxygens (including phenoxy) is 2. The van der Waals surface area contributed by atoms with Gasteiger partial charge in [0.1, 0.15) is 23.4 Å². The van der Waals surface area contributed by atoms with E-state index in [9.17, 15) is 21.6 Å². The molecule has 0 aromatic heterocycles. The number of alkyl halides is 3. The van der Waals surface area contributed by atoms with Crippen LogP contribution in [0.5, 0.6) is 17.2 Å². The zero-order valence-corrected chi connectivity index (χ0v) is 21.2. The van der Waals surface area contributed by atoms with Gasteiger partial charge in [-0.05, 0) is 62.0 Å². The molecule has 12 heteroatoms. The first-order valence-electron chi connectivity index (χ1n) is 10.7. The molecule has 0 aliphatic carbocycles. The van der Waals surface area contributed by atoms with Gasteiger partial charge in [-0.25, -0.2) is 8.42 Å². The minimum atomic E-state index is -4.65. The number of hydrogen-bond donors (Lipinski definition) is 1. The maximum Gasteiger partial charge on any atom is 0.419 e. The number of rotatable bonds is 7. The highest BCUT2D eigenvalue weighted by atomic mass is 35.5. The van der Waals surface area contributed by atoms with Crippen LogP contribution in [0.1, 0.15) is 12.0 Å². The Bertz CT molecular complexity index is 1350. The van der Waals surface area contributed by atoms with Gasteiger partial charge in [-0.2, -0.15) is 13.2 Å². The molecule has 0 unspecified atom stereocenters. The summed E-state index contributed by atoms with van der Waals surface area (Å²) in [5.74, 6) is 0.330. The Labute approximate surface area is 216 Å². The second-order valence-corrected chi connectivity index (χ2v) is 10.8. The van der Waals surface area contributed by atoms with E-state index in [1.807, 2.05) is 11.9 Å². The van der Waals surface area contributed by atoms with Crippen molar-refractivity contribution >= 4 is 38.9 Å². The Morgan fingerprint density at radius 3 is 2.28 bits per heavy atom. The van der Waals surface area contributed by atoms with Crippen LogP contribution in [0, 0.1) is 0 Å². The van der Waals surface area contributed by atoms with E-state index in [2.05, 4.69) is 4.72 Å². The molecule has 6 nitrogen and oxygen atoms in total. The van der Waals surface area contributed by atoms with Gasteiger partial charge in [0.25, 0.3) is 10.0 Å². The van der Waals surface area contributed by atoms with Crippen LogP contribution in [-0.2, 0) is 16.2 Å². The number of hydrogen-bond acceptors (Lipinski definition) is 5. The first-order valence-corrected chi connectivity index (χ1v) is 13.0. The fourth-order valence-electron chi connectivity index (χ4n) is 3.67. The molecule has 1 aliphatic rings. The molecule has 3 aromatic rings. The predicted molar refractivity (Wildman–Crippen MR) is 132 cm³/mol. The Morgan fingerprint density at radius 1 is 0.972 bits per heavy atom. The molecule has 1 fully saturated rings. The highest BCUT2D eigenvalue weighted by Gasteiger charge is 2.36. The van der Waals surface area contributed by atoms with Crippen molar-refractivity contribution < 1.29 is 31.1 Å². The Hall–Kier alpha value is -2.66. The zero-order chi connectivity index (χ0) is 26.1. The molecule has 3 aromatic carbocycles. The number of sulfonamides is 1. The van der Waals surface area contributed by atoms with Gasteiger partial charge >= 0.3 is 6.18 Å². The molecule has 4 rings (SSSR count).